The quantitative estimate of drug-likeness (QED) is 0.649. The highest BCUT2D eigenvalue weighted by molar-refractivity contribution is 9.10. The van der Waals surface area contributed by atoms with Gasteiger partial charge in [0.05, 0.1) is 0 Å². The van der Waals surface area contributed by atoms with Crippen LogP contribution in [-0.2, 0) is 9.59 Å². The van der Waals surface area contributed by atoms with Crippen LogP contribution in [0.4, 0.5) is 4.79 Å². The first-order chi connectivity index (χ1) is 10.6. The molecule has 0 bridgehead atoms. The average Bonchev–Trinajstić information content (AvgIpc) is 2.97. The maximum Gasteiger partial charge on any atom is 0.331 e. The third-order valence-electron chi connectivity index (χ3n) is 3.98. The van der Waals surface area contributed by atoms with Gasteiger partial charge < -0.3 is 0 Å². The molecule has 5 nitrogen and oxygen atoms in total. The number of hydrogen-bond donors (Lipinski definition) is 1. The van der Waals surface area contributed by atoms with E-state index in [1.165, 1.54) is 11.0 Å². The minimum absolute atomic E-state index is 0.00426. The summed E-state index contributed by atoms with van der Waals surface area (Å²) < 4.78 is 0.856. The summed E-state index contributed by atoms with van der Waals surface area (Å²) >= 11 is 3.35. The molecule has 22 heavy (non-hydrogen) atoms. The summed E-state index contributed by atoms with van der Waals surface area (Å²) in [7, 11) is 0. The first kappa shape index (κ1) is 15.0. The van der Waals surface area contributed by atoms with E-state index in [2.05, 4.69) is 21.2 Å². The number of nitrogens with zero attached hydrogens (tertiary/aromatic N) is 1. The molecule has 1 aromatic carbocycles. The van der Waals surface area contributed by atoms with E-state index in [1.54, 1.807) is 6.07 Å². The van der Waals surface area contributed by atoms with E-state index in [1.807, 2.05) is 18.2 Å². The van der Waals surface area contributed by atoms with Gasteiger partial charge in [-0.3, -0.25) is 19.8 Å². The van der Waals surface area contributed by atoms with E-state index in [-0.39, 0.29) is 11.6 Å². The van der Waals surface area contributed by atoms with Crippen molar-refractivity contribution in [3.8, 4) is 0 Å². The highest BCUT2D eigenvalue weighted by Gasteiger charge is 2.40. The Labute approximate surface area is 136 Å². The summed E-state index contributed by atoms with van der Waals surface area (Å²) in [4.78, 5) is 37.8. The van der Waals surface area contributed by atoms with E-state index in [4.69, 9.17) is 0 Å². The Morgan fingerprint density at radius 3 is 2.59 bits per heavy atom. The molecule has 4 amide bonds. The van der Waals surface area contributed by atoms with Crippen molar-refractivity contribution in [1.29, 1.82) is 0 Å². The van der Waals surface area contributed by atoms with Crippen LogP contribution in [-0.4, -0.2) is 28.8 Å². The van der Waals surface area contributed by atoms with Crippen LogP contribution in [0.15, 0.2) is 34.3 Å². The molecule has 0 atom stereocenters. The summed E-state index contributed by atoms with van der Waals surface area (Å²) in [6.07, 6.45) is 5.13. The highest BCUT2D eigenvalue weighted by atomic mass is 79.9. The number of carbonyl (C=O) groups excluding carboxylic acids is 3. The molecule has 1 aliphatic heterocycles. The Morgan fingerprint density at radius 2 is 1.91 bits per heavy atom. The monoisotopic (exact) mass is 362 g/mol. The SMILES string of the molecule is O=C1NC(=O)N(C2CCCC2)C(=O)/C1=C/c1cccc(Br)c1. The predicted octanol–water partition coefficient (Wildman–Crippen LogP) is 2.85. The zero-order valence-electron chi connectivity index (χ0n) is 11.8. The largest absolute Gasteiger partial charge is 0.331 e. The molecule has 0 radical (unpaired) electrons. The molecule has 1 saturated carbocycles. The van der Waals surface area contributed by atoms with Crippen LogP contribution in [0, 0.1) is 0 Å². The smallest absolute Gasteiger partial charge is 0.273 e. The van der Waals surface area contributed by atoms with Gasteiger partial charge in [0, 0.05) is 10.5 Å². The number of nitrogens with one attached hydrogen (secondary N) is 1. The van der Waals surface area contributed by atoms with Gasteiger partial charge in [0.25, 0.3) is 11.8 Å². The highest BCUT2D eigenvalue weighted by Crippen LogP contribution is 2.27. The predicted molar refractivity (Wildman–Crippen MR) is 84.8 cm³/mol. The molecule has 0 aromatic heterocycles. The molecule has 1 N–H and O–H groups in total. The lowest BCUT2D eigenvalue weighted by Crippen LogP contribution is -2.57. The number of rotatable bonds is 2. The van der Waals surface area contributed by atoms with Gasteiger partial charge >= 0.3 is 6.03 Å². The Kier molecular flexibility index (Phi) is 4.11. The lowest BCUT2D eigenvalue weighted by atomic mass is 10.1. The number of urea groups is 1. The minimum Gasteiger partial charge on any atom is -0.273 e. The zero-order valence-corrected chi connectivity index (χ0v) is 13.4. The normalized spacial score (nSPS) is 21.6. The van der Waals surface area contributed by atoms with Crippen LogP contribution in [0.2, 0.25) is 0 Å². The summed E-state index contributed by atoms with van der Waals surface area (Å²) in [6, 6.07) is 6.58. The van der Waals surface area contributed by atoms with E-state index in [0.29, 0.717) is 0 Å². The molecule has 1 saturated heterocycles. The molecule has 3 rings (SSSR count). The third kappa shape index (κ3) is 2.83. The number of halogens is 1. The fraction of sp³-hybridized carbons (Fsp3) is 0.312. The van der Waals surface area contributed by atoms with E-state index < -0.39 is 17.8 Å². The van der Waals surface area contributed by atoms with Crippen LogP contribution < -0.4 is 5.32 Å². The topological polar surface area (TPSA) is 66.5 Å². The molecule has 1 aromatic rings. The Hall–Kier alpha value is -1.95. The second kappa shape index (κ2) is 6.04. The molecule has 2 fully saturated rings. The lowest BCUT2D eigenvalue weighted by Gasteiger charge is -2.31. The molecular weight excluding hydrogens is 348 g/mol. The van der Waals surface area contributed by atoms with Crippen LogP contribution in [0.5, 0.6) is 0 Å². The number of imide groups is 2. The van der Waals surface area contributed by atoms with Gasteiger partial charge in [-0.05, 0) is 36.6 Å². The Bertz CT molecular complexity index is 678. The summed E-state index contributed by atoms with van der Waals surface area (Å²) in [6.45, 7) is 0. The fourth-order valence-corrected chi connectivity index (χ4v) is 3.35. The first-order valence-corrected chi connectivity index (χ1v) is 8.01. The van der Waals surface area contributed by atoms with Crippen molar-refractivity contribution in [3.05, 3.63) is 39.9 Å². The maximum absolute atomic E-state index is 12.6. The number of amides is 4. The maximum atomic E-state index is 12.6. The van der Waals surface area contributed by atoms with Crippen molar-refractivity contribution in [3.63, 3.8) is 0 Å². The molecule has 1 heterocycles. The molecular formula is C16H15BrN2O3. The minimum atomic E-state index is -0.635. The van der Waals surface area contributed by atoms with Crippen molar-refractivity contribution in [2.45, 2.75) is 31.7 Å². The van der Waals surface area contributed by atoms with Crippen LogP contribution in [0.25, 0.3) is 6.08 Å². The number of carbonyl (C=O) groups is 3. The lowest BCUT2D eigenvalue weighted by molar-refractivity contribution is -0.131. The van der Waals surface area contributed by atoms with E-state index in [9.17, 15) is 14.4 Å². The van der Waals surface area contributed by atoms with Gasteiger partial charge in [-0.2, -0.15) is 0 Å². The molecule has 1 aliphatic carbocycles. The Balaban J connectivity index is 1.94. The second-order valence-corrected chi connectivity index (χ2v) is 6.40. The standard InChI is InChI=1S/C16H15BrN2O3/c17-11-5-3-4-10(8-11)9-13-14(20)18-16(22)19(15(13)21)12-6-1-2-7-12/h3-5,8-9,12H,1-2,6-7H2,(H,18,20,22)/b13-9+. The number of barbiturate groups is 1. The van der Waals surface area contributed by atoms with Crippen molar-refractivity contribution in [2.24, 2.45) is 0 Å². The summed E-state index contributed by atoms with van der Waals surface area (Å²) in [5, 5.41) is 2.27. The molecule has 0 spiro atoms. The molecule has 2 aliphatic rings. The van der Waals surface area contributed by atoms with Gasteiger partial charge in [-0.1, -0.05) is 40.9 Å². The van der Waals surface area contributed by atoms with Crippen molar-refractivity contribution < 1.29 is 14.4 Å². The third-order valence-corrected chi connectivity index (χ3v) is 4.48. The first-order valence-electron chi connectivity index (χ1n) is 7.22. The average molecular weight is 363 g/mol. The van der Waals surface area contributed by atoms with Gasteiger partial charge in [0.1, 0.15) is 5.57 Å². The molecule has 6 heteroatoms. The van der Waals surface area contributed by atoms with Gasteiger partial charge in [0.2, 0.25) is 0 Å². The van der Waals surface area contributed by atoms with Crippen molar-refractivity contribution in [2.75, 3.05) is 0 Å². The molecule has 0 unspecified atom stereocenters. The van der Waals surface area contributed by atoms with E-state index >= 15 is 0 Å². The van der Waals surface area contributed by atoms with Crippen LogP contribution in [0.3, 0.4) is 0 Å². The van der Waals surface area contributed by atoms with Gasteiger partial charge in [-0.15, -0.1) is 0 Å². The summed E-state index contributed by atoms with van der Waals surface area (Å²) in [5.41, 5.74) is 0.734. The van der Waals surface area contributed by atoms with Gasteiger partial charge in [-0.25, -0.2) is 4.79 Å². The zero-order chi connectivity index (χ0) is 15.7. The number of hydrogen-bond acceptors (Lipinski definition) is 3. The second-order valence-electron chi connectivity index (χ2n) is 5.49. The van der Waals surface area contributed by atoms with Crippen molar-refractivity contribution in [1.82, 2.24) is 10.2 Å². The van der Waals surface area contributed by atoms with Crippen LogP contribution >= 0.6 is 15.9 Å². The number of benzene rings is 1. The molecule has 114 valence electrons. The van der Waals surface area contributed by atoms with Crippen LogP contribution in [0.1, 0.15) is 31.2 Å². The van der Waals surface area contributed by atoms with Gasteiger partial charge in [0.15, 0.2) is 0 Å². The fourth-order valence-electron chi connectivity index (χ4n) is 2.93. The Morgan fingerprint density at radius 1 is 1.18 bits per heavy atom. The summed E-state index contributed by atoms with van der Waals surface area (Å²) in [5.74, 6) is -1.13. The van der Waals surface area contributed by atoms with Crippen molar-refractivity contribution >= 4 is 39.9 Å². The van der Waals surface area contributed by atoms with E-state index in [0.717, 1.165) is 35.7 Å².